The second-order valence-corrected chi connectivity index (χ2v) is 8.70. The van der Waals surface area contributed by atoms with Crippen molar-refractivity contribution in [2.24, 2.45) is 0 Å². The van der Waals surface area contributed by atoms with E-state index in [9.17, 15) is 9.00 Å². The maximum absolute atomic E-state index is 13.3. The molecule has 0 spiro atoms. The number of carbonyl (C=O) groups excluding carboxylic acids is 1. The van der Waals surface area contributed by atoms with Crippen LogP contribution in [0.5, 0.6) is 0 Å². The summed E-state index contributed by atoms with van der Waals surface area (Å²) in [7, 11) is -1.27. The molecule has 0 heterocycles. The molecule has 0 radical (unpaired) electrons. The standard InChI is InChI=1S/C22H30N2O2S/c1-6-24(7-2)21(25)23-22(5,19-11-9-8-10-12-19)18(4)27(26)20-15-13-17(3)14-16-20/h8-16,18H,6-7H2,1-5H3,(H,23,25)/t18-,22+,27+/m0/s1. The molecule has 4 nitrogen and oxygen atoms in total. The number of nitrogens with one attached hydrogen (secondary N) is 1. The van der Waals surface area contributed by atoms with E-state index in [0.717, 1.165) is 16.0 Å². The minimum absolute atomic E-state index is 0.140. The lowest BCUT2D eigenvalue weighted by Gasteiger charge is -2.38. The Kier molecular flexibility index (Phi) is 7.19. The molecule has 0 aromatic heterocycles. The number of amides is 2. The number of aryl methyl sites for hydroxylation is 1. The summed E-state index contributed by atoms with van der Waals surface area (Å²) < 4.78 is 13.3. The van der Waals surface area contributed by atoms with Gasteiger partial charge in [0.1, 0.15) is 0 Å². The van der Waals surface area contributed by atoms with E-state index in [2.05, 4.69) is 5.32 Å². The maximum atomic E-state index is 13.3. The summed E-state index contributed by atoms with van der Waals surface area (Å²) in [5.41, 5.74) is 1.30. The molecule has 1 N–H and O–H groups in total. The van der Waals surface area contributed by atoms with Gasteiger partial charge in [0.15, 0.2) is 0 Å². The van der Waals surface area contributed by atoms with Crippen molar-refractivity contribution in [2.75, 3.05) is 13.1 Å². The number of hydrogen-bond acceptors (Lipinski definition) is 2. The number of urea groups is 1. The van der Waals surface area contributed by atoms with Crippen molar-refractivity contribution in [2.45, 2.75) is 50.3 Å². The fourth-order valence-corrected chi connectivity index (χ4v) is 4.53. The predicted octanol–water partition coefficient (Wildman–Crippen LogP) is 4.46. The van der Waals surface area contributed by atoms with Crippen LogP contribution >= 0.6 is 0 Å². The second kappa shape index (κ2) is 9.18. The van der Waals surface area contributed by atoms with E-state index in [1.165, 1.54) is 0 Å². The molecule has 0 unspecified atom stereocenters. The zero-order chi connectivity index (χ0) is 20.0. The Balaban J connectivity index is 2.41. The molecule has 0 aliphatic rings. The average Bonchev–Trinajstić information content (AvgIpc) is 2.69. The van der Waals surface area contributed by atoms with Crippen LogP contribution in [0.3, 0.4) is 0 Å². The summed E-state index contributed by atoms with van der Waals surface area (Å²) in [6.45, 7) is 11.1. The highest BCUT2D eigenvalue weighted by Gasteiger charge is 2.39. The van der Waals surface area contributed by atoms with Gasteiger partial charge in [0.05, 0.1) is 21.6 Å². The van der Waals surface area contributed by atoms with Gasteiger partial charge in [-0.1, -0.05) is 48.0 Å². The van der Waals surface area contributed by atoms with E-state index in [1.807, 2.05) is 89.2 Å². The Labute approximate surface area is 165 Å². The van der Waals surface area contributed by atoms with Crippen molar-refractivity contribution < 1.29 is 9.00 Å². The van der Waals surface area contributed by atoms with Crippen LogP contribution in [0.25, 0.3) is 0 Å². The maximum Gasteiger partial charge on any atom is 0.318 e. The van der Waals surface area contributed by atoms with Gasteiger partial charge in [0.25, 0.3) is 0 Å². The molecule has 0 fully saturated rings. The number of benzene rings is 2. The third-order valence-corrected chi connectivity index (χ3v) is 7.03. The fraction of sp³-hybridized carbons (Fsp3) is 0.409. The van der Waals surface area contributed by atoms with Gasteiger partial charge in [-0.05, 0) is 52.3 Å². The Hall–Kier alpha value is -2.14. The summed E-state index contributed by atoms with van der Waals surface area (Å²) in [6.07, 6.45) is 0. The highest BCUT2D eigenvalue weighted by Crippen LogP contribution is 2.31. The first kappa shape index (κ1) is 21.2. The van der Waals surface area contributed by atoms with Crippen LogP contribution in [-0.2, 0) is 16.3 Å². The SMILES string of the molecule is CCN(CC)C(=O)N[C@@](C)(c1ccccc1)[C@H](C)[S@@](=O)c1ccc(C)cc1. The lowest BCUT2D eigenvalue weighted by Crippen LogP contribution is -2.55. The number of rotatable bonds is 7. The van der Waals surface area contributed by atoms with E-state index >= 15 is 0 Å². The van der Waals surface area contributed by atoms with Gasteiger partial charge >= 0.3 is 6.03 Å². The summed E-state index contributed by atoms with van der Waals surface area (Å²) in [6, 6.07) is 17.4. The normalized spacial score (nSPS) is 15.4. The second-order valence-electron chi connectivity index (χ2n) is 6.92. The Morgan fingerprint density at radius 2 is 1.63 bits per heavy atom. The smallest absolute Gasteiger partial charge is 0.318 e. The summed E-state index contributed by atoms with van der Waals surface area (Å²) >= 11 is 0. The van der Waals surface area contributed by atoms with E-state index in [-0.39, 0.29) is 11.3 Å². The fourth-order valence-electron chi connectivity index (χ4n) is 3.10. The largest absolute Gasteiger partial charge is 0.328 e. The summed E-state index contributed by atoms with van der Waals surface area (Å²) in [5, 5.41) is 2.85. The average molecular weight is 387 g/mol. The molecule has 0 saturated heterocycles. The molecule has 0 aliphatic heterocycles. The number of hydrogen-bond donors (Lipinski definition) is 1. The third kappa shape index (κ3) is 4.78. The quantitative estimate of drug-likeness (QED) is 0.764. The van der Waals surface area contributed by atoms with E-state index < -0.39 is 16.3 Å². The first-order valence-electron chi connectivity index (χ1n) is 9.43. The van der Waals surface area contributed by atoms with Crippen molar-refractivity contribution in [1.82, 2.24) is 10.2 Å². The first-order valence-corrected chi connectivity index (χ1v) is 10.6. The molecule has 0 saturated carbocycles. The van der Waals surface area contributed by atoms with Crippen molar-refractivity contribution in [1.29, 1.82) is 0 Å². The first-order chi connectivity index (χ1) is 12.8. The van der Waals surface area contributed by atoms with Gasteiger partial charge in [-0.25, -0.2) is 4.79 Å². The van der Waals surface area contributed by atoms with Crippen molar-refractivity contribution in [3.63, 3.8) is 0 Å². The van der Waals surface area contributed by atoms with Crippen LogP contribution in [0.1, 0.15) is 38.8 Å². The molecule has 2 aromatic rings. The van der Waals surface area contributed by atoms with Crippen LogP contribution in [0.4, 0.5) is 4.79 Å². The van der Waals surface area contributed by atoms with Gasteiger partial charge in [-0.2, -0.15) is 0 Å². The molecular weight excluding hydrogens is 356 g/mol. The monoisotopic (exact) mass is 386 g/mol. The minimum atomic E-state index is -1.27. The van der Waals surface area contributed by atoms with E-state index in [1.54, 1.807) is 4.90 Å². The summed E-state index contributed by atoms with van der Waals surface area (Å²) in [5.74, 6) is 0. The predicted molar refractivity (Wildman–Crippen MR) is 112 cm³/mol. The van der Waals surface area contributed by atoms with Crippen LogP contribution in [0.15, 0.2) is 59.5 Å². The molecular formula is C22H30N2O2S. The summed E-state index contributed by atoms with van der Waals surface area (Å²) in [4.78, 5) is 15.3. The van der Waals surface area contributed by atoms with E-state index in [4.69, 9.17) is 0 Å². The molecule has 3 atom stereocenters. The molecule has 2 amide bonds. The topological polar surface area (TPSA) is 49.4 Å². The lowest BCUT2D eigenvalue weighted by molar-refractivity contribution is 0.189. The van der Waals surface area contributed by atoms with Crippen molar-refractivity contribution >= 4 is 16.8 Å². The number of nitrogens with zero attached hydrogens (tertiary/aromatic N) is 1. The van der Waals surface area contributed by atoms with Gasteiger partial charge < -0.3 is 10.2 Å². The zero-order valence-corrected chi connectivity index (χ0v) is 17.7. The van der Waals surface area contributed by atoms with Crippen molar-refractivity contribution in [3.05, 3.63) is 65.7 Å². The lowest BCUT2D eigenvalue weighted by atomic mass is 9.89. The molecule has 0 aliphatic carbocycles. The Bertz CT molecular complexity index is 773. The Morgan fingerprint density at radius 3 is 2.15 bits per heavy atom. The van der Waals surface area contributed by atoms with Gasteiger partial charge in [-0.15, -0.1) is 0 Å². The van der Waals surface area contributed by atoms with Crippen LogP contribution in [-0.4, -0.2) is 33.5 Å². The van der Waals surface area contributed by atoms with Gasteiger partial charge in [0.2, 0.25) is 0 Å². The molecule has 2 aromatic carbocycles. The van der Waals surface area contributed by atoms with Crippen LogP contribution in [0, 0.1) is 6.92 Å². The van der Waals surface area contributed by atoms with Gasteiger partial charge in [-0.3, -0.25) is 4.21 Å². The highest BCUT2D eigenvalue weighted by atomic mass is 32.2. The molecule has 146 valence electrons. The Morgan fingerprint density at radius 1 is 1.07 bits per heavy atom. The van der Waals surface area contributed by atoms with Crippen LogP contribution in [0.2, 0.25) is 0 Å². The van der Waals surface area contributed by atoms with Crippen molar-refractivity contribution in [3.8, 4) is 0 Å². The number of carbonyl (C=O) groups is 1. The van der Waals surface area contributed by atoms with Gasteiger partial charge in [0, 0.05) is 18.0 Å². The molecule has 0 bridgehead atoms. The zero-order valence-electron chi connectivity index (χ0n) is 16.9. The molecule has 2 rings (SSSR count). The minimum Gasteiger partial charge on any atom is -0.328 e. The third-order valence-electron chi connectivity index (χ3n) is 5.18. The highest BCUT2D eigenvalue weighted by molar-refractivity contribution is 7.85. The van der Waals surface area contributed by atoms with E-state index in [0.29, 0.717) is 13.1 Å². The molecule has 27 heavy (non-hydrogen) atoms. The molecule has 5 heteroatoms. The van der Waals surface area contributed by atoms with Crippen LogP contribution < -0.4 is 5.32 Å².